The van der Waals surface area contributed by atoms with Crippen molar-refractivity contribution in [2.24, 2.45) is 10.9 Å². The number of rotatable bonds is 6. The summed E-state index contributed by atoms with van der Waals surface area (Å²) in [6, 6.07) is 0. The highest BCUT2D eigenvalue weighted by atomic mass is 16.4. The number of hydrogen-bond acceptors (Lipinski definition) is 4. The molecule has 0 saturated heterocycles. The predicted molar refractivity (Wildman–Crippen MR) is 82.0 cm³/mol. The number of amides is 1. The van der Waals surface area contributed by atoms with Gasteiger partial charge in [-0.3, -0.25) is 9.79 Å². The molecule has 1 rings (SSSR count). The molecule has 7 heteroatoms. The van der Waals surface area contributed by atoms with Crippen LogP contribution in [0.2, 0.25) is 0 Å². The van der Waals surface area contributed by atoms with Crippen molar-refractivity contribution in [2.45, 2.75) is 34.2 Å². The minimum atomic E-state index is -0.000978. The van der Waals surface area contributed by atoms with Crippen LogP contribution in [0, 0.1) is 19.8 Å². The fourth-order valence-electron chi connectivity index (χ4n) is 1.57. The molecule has 0 aliphatic carbocycles. The third-order valence-corrected chi connectivity index (χ3v) is 2.94. The van der Waals surface area contributed by atoms with Crippen molar-refractivity contribution in [2.75, 3.05) is 20.1 Å². The number of hydrogen-bond donors (Lipinski definition) is 3. The zero-order valence-corrected chi connectivity index (χ0v) is 13.4. The van der Waals surface area contributed by atoms with Crippen molar-refractivity contribution < 1.29 is 9.21 Å². The van der Waals surface area contributed by atoms with Gasteiger partial charge in [0.05, 0.1) is 12.2 Å². The fraction of sp³-hybridized carbons (Fsp3) is 0.643. The van der Waals surface area contributed by atoms with Gasteiger partial charge in [0.1, 0.15) is 5.76 Å². The molecular weight excluding hydrogens is 270 g/mol. The molecule has 1 amide bonds. The molecule has 1 heterocycles. The van der Waals surface area contributed by atoms with Crippen molar-refractivity contribution in [3.63, 3.8) is 0 Å². The van der Waals surface area contributed by atoms with E-state index < -0.39 is 0 Å². The van der Waals surface area contributed by atoms with Crippen LogP contribution in [0.25, 0.3) is 0 Å². The van der Waals surface area contributed by atoms with Gasteiger partial charge in [0, 0.05) is 26.1 Å². The summed E-state index contributed by atoms with van der Waals surface area (Å²) in [5.41, 5.74) is 0.895. The summed E-state index contributed by atoms with van der Waals surface area (Å²) in [6.07, 6.45) is 0. The number of carbonyl (C=O) groups is 1. The van der Waals surface area contributed by atoms with Gasteiger partial charge in [-0.1, -0.05) is 13.8 Å². The maximum atomic E-state index is 11.4. The molecule has 0 saturated carbocycles. The standard InChI is InChI=1S/C14H25N5O2/c1-9(2)13(20)16-6-7-17-14(15-5)18-8-12-19-10(3)11(4)21-12/h9H,6-8H2,1-5H3,(H,16,20)(H2,15,17,18). The number of aromatic nitrogens is 1. The van der Waals surface area contributed by atoms with E-state index in [4.69, 9.17) is 4.42 Å². The molecule has 0 bridgehead atoms. The molecule has 3 N–H and O–H groups in total. The zero-order valence-electron chi connectivity index (χ0n) is 13.4. The maximum Gasteiger partial charge on any atom is 0.222 e. The Hall–Kier alpha value is -2.05. The van der Waals surface area contributed by atoms with E-state index in [0.29, 0.717) is 31.5 Å². The van der Waals surface area contributed by atoms with Crippen molar-refractivity contribution in [1.82, 2.24) is 20.9 Å². The number of nitrogens with zero attached hydrogens (tertiary/aromatic N) is 2. The number of aliphatic imine (C=N–C) groups is 1. The van der Waals surface area contributed by atoms with Crippen LogP contribution in [0.4, 0.5) is 0 Å². The highest BCUT2D eigenvalue weighted by Gasteiger charge is 2.07. The van der Waals surface area contributed by atoms with Crippen LogP contribution in [0.3, 0.4) is 0 Å². The van der Waals surface area contributed by atoms with Crippen LogP contribution in [0.1, 0.15) is 31.2 Å². The molecule has 1 aromatic rings. The SMILES string of the molecule is CN=C(NCCNC(=O)C(C)C)NCc1nc(C)c(C)o1. The molecule has 0 fully saturated rings. The van der Waals surface area contributed by atoms with Crippen molar-refractivity contribution in [3.05, 3.63) is 17.3 Å². The molecule has 0 aliphatic rings. The summed E-state index contributed by atoms with van der Waals surface area (Å²) in [6.45, 7) is 9.14. The summed E-state index contributed by atoms with van der Waals surface area (Å²) in [4.78, 5) is 19.8. The Kier molecular flexibility index (Phi) is 6.71. The van der Waals surface area contributed by atoms with Gasteiger partial charge in [-0.05, 0) is 13.8 Å². The lowest BCUT2D eigenvalue weighted by molar-refractivity contribution is -0.123. The van der Waals surface area contributed by atoms with E-state index in [-0.39, 0.29) is 11.8 Å². The minimum Gasteiger partial charge on any atom is -0.444 e. The topological polar surface area (TPSA) is 91.5 Å². The molecule has 7 nitrogen and oxygen atoms in total. The van der Waals surface area contributed by atoms with Crippen molar-refractivity contribution >= 4 is 11.9 Å². The van der Waals surface area contributed by atoms with Gasteiger partial charge < -0.3 is 20.4 Å². The van der Waals surface area contributed by atoms with E-state index in [1.165, 1.54) is 0 Å². The second-order valence-corrected chi connectivity index (χ2v) is 5.05. The molecule has 0 unspecified atom stereocenters. The zero-order chi connectivity index (χ0) is 15.8. The Bertz CT molecular complexity index is 474. The van der Waals surface area contributed by atoms with Gasteiger partial charge in [-0.15, -0.1) is 0 Å². The van der Waals surface area contributed by atoms with E-state index in [1.807, 2.05) is 27.7 Å². The molecule has 0 aliphatic heterocycles. The number of nitrogens with one attached hydrogen (secondary N) is 3. The van der Waals surface area contributed by atoms with Crippen LogP contribution < -0.4 is 16.0 Å². The summed E-state index contributed by atoms with van der Waals surface area (Å²) < 4.78 is 5.48. The lowest BCUT2D eigenvalue weighted by atomic mass is 10.2. The van der Waals surface area contributed by atoms with E-state index in [0.717, 1.165) is 11.5 Å². The van der Waals surface area contributed by atoms with Gasteiger partial charge in [-0.25, -0.2) is 4.98 Å². The van der Waals surface area contributed by atoms with Crippen LogP contribution in [-0.2, 0) is 11.3 Å². The Morgan fingerprint density at radius 1 is 1.24 bits per heavy atom. The van der Waals surface area contributed by atoms with E-state index in [9.17, 15) is 4.79 Å². The molecule has 21 heavy (non-hydrogen) atoms. The Morgan fingerprint density at radius 2 is 1.90 bits per heavy atom. The van der Waals surface area contributed by atoms with Gasteiger partial charge in [0.15, 0.2) is 5.96 Å². The van der Waals surface area contributed by atoms with Gasteiger partial charge >= 0.3 is 0 Å². The Morgan fingerprint density at radius 3 is 2.43 bits per heavy atom. The molecule has 0 spiro atoms. The summed E-state index contributed by atoms with van der Waals surface area (Å²) in [5.74, 6) is 2.14. The van der Waals surface area contributed by atoms with Crippen molar-refractivity contribution in [3.8, 4) is 0 Å². The highest BCUT2D eigenvalue weighted by Crippen LogP contribution is 2.07. The molecule has 1 aromatic heterocycles. The number of guanidine groups is 1. The monoisotopic (exact) mass is 295 g/mol. The van der Waals surface area contributed by atoms with Crippen molar-refractivity contribution in [1.29, 1.82) is 0 Å². The number of oxazole rings is 1. The summed E-state index contributed by atoms with van der Waals surface area (Å²) in [7, 11) is 1.69. The minimum absolute atomic E-state index is 0.000978. The average Bonchev–Trinajstić information content (AvgIpc) is 2.76. The predicted octanol–water partition coefficient (Wildman–Crippen LogP) is 0.729. The molecule has 118 valence electrons. The van der Waals surface area contributed by atoms with E-state index in [1.54, 1.807) is 7.05 Å². The average molecular weight is 295 g/mol. The van der Waals surface area contributed by atoms with Crippen LogP contribution >= 0.6 is 0 Å². The first-order valence-electron chi connectivity index (χ1n) is 7.09. The Labute approximate surface area is 125 Å². The molecular formula is C14H25N5O2. The number of carbonyl (C=O) groups excluding carboxylic acids is 1. The first kappa shape index (κ1) is 17.0. The molecule has 0 aromatic carbocycles. The van der Waals surface area contributed by atoms with Crippen LogP contribution in [0.5, 0.6) is 0 Å². The quantitative estimate of drug-likeness (QED) is 0.409. The second kappa shape index (κ2) is 8.28. The third kappa shape index (κ3) is 5.85. The molecule has 0 radical (unpaired) electrons. The normalized spacial score (nSPS) is 11.6. The fourth-order valence-corrected chi connectivity index (χ4v) is 1.57. The second-order valence-electron chi connectivity index (χ2n) is 5.05. The lowest BCUT2D eigenvalue weighted by Crippen LogP contribution is -2.41. The van der Waals surface area contributed by atoms with Crippen LogP contribution in [-0.4, -0.2) is 37.0 Å². The first-order valence-corrected chi connectivity index (χ1v) is 7.09. The smallest absolute Gasteiger partial charge is 0.222 e. The molecule has 0 atom stereocenters. The van der Waals surface area contributed by atoms with E-state index in [2.05, 4.69) is 25.9 Å². The maximum absolute atomic E-state index is 11.4. The number of aryl methyl sites for hydroxylation is 2. The largest absolute Gasteiger partial charge is 0.444 e. The summed E-state index contributed by atoms with van der Waals surface area (Å²) in [5, 5.41) is 9.05. The van der Waals surface area contributed by atoms with Crippen LogP contribution in [0.15, 0.2) is 9.41 Å². The first-order chi connectivity index (χ1) is 9.93. The Balaban J connectivity index is 2.28. The van der Waals surface area contributed by atoms with Gasteiger partial charge in [-0.2, -0.15) is 0 Å². The highest BCUT2D eigenvalue weighted by molar-refractivity contribution is 5.80. The third-order valence-electron chi connectivity index (χ3n) is 2.94. The lowest BCUT2D eigenvalue weighted by Gasteiger charge is -2.12. The summed E-state index contributed by atoms with van der Waals surface area (Å²) >= 11 is 0. The van der Waals surface area contributed by atoms with Gasteiger partial charge in [0.25, 0.3) is 0 Å². The van der Waals surface area contributed by atoms with Gasteiger partial charge in [0.2, 0.25) is 11.8 Å². The van der Waals surface area contributed by atoms with E-state index >= 15 is 0 Å².